The lowest BCUT2D eigenvalue weighted by Gasteiger charge is -2.15. The number of hydrogen-bond acceptors (Lipinski definition) is 2. The third-order valence-electron chi connectivity index (χ3n) is 3.97. The Morgan fingerprint density at radius 2 is 1.96 bits per heavy atom. The van der Waals surface area contributed by atoms with E-state index >= 15 is 0 Å². The monoisotopic (exact) mass is 364 g/mol. The fraction of sp³-hybridized carbons (Fsp3) is 0.211. The van der Waals surface area contributed by atoms with Crippen LogP contribution in [0.1, 0.15) is 24.6 Å². The summed E-state index contributed by atoms with van der Waals surface area (Å²) in [6, 6.07) is 3.17. The third-order valence-corrected chi connectivity index (χ3v) is 3.97. The first-order valence-corrected chi connectivity index (χ1v) is 7.96. The lowest BCUT2D eigenvalue weighted by molar-refractivity contribution is 0.301. The molecule has 7 heteroatoms. The molecule has 1 atom stereocenters. The van der Waals surface area contributed by atoms with Crippen LogP contribution in [0.4, 0.5) is 17.6 Å². The number of allylic oxidation sites excluding steroid dienone is 1. The van der Waals surface area contributed by atoms with Gasteiger partial charge in [0.15, 0.2) is 17.4 Å². The Morgan fingerprint density at radius 1 is 1.27 bits per heavy atom. The van der Waals surface area contributed by atoms with E-state index < -0.39 is 34.6 Å². The van der Waals surface area contributed by atoms with Gasteiger partial charge in [-0.1, -0.05) is 19.6 Å². The number of hydrogen-bond donors (Lipinski definition) is 1. The molecule has 0 radical (unpaired) electrons. The summed E-state index contributed by atoms with van der Waals surface area (Å²) in [5, 5.41) is 0. The maximum absolute atomic E-state index is 14.7. The SMILES string of the molecule is C=CCOc1c(F)c(F)c(/C(=C2\CC(C)C=N2)c2ccc[nH]2)c(F)c1F. The Kier molecular flexibility index (Phi) is 4.97. The van der Waals surface area contributed by atoms with Gasteiger partial charge in [-0.05, 0) is 24.5 Å². The number of aliphatic imine (C=N–C) groups is 1. The van der Waals surface area contributed by atoms with Crippen LogP contribution in [0.3, 0.4) is 0 Å². The molecule has 3 nitrogen and oxygen atoms in total. The summed E-state index contributed by atoms with van der Waals surface area (Å²) < 4.78 is 63.0. The van der Waals surface area contributed by atoms with Crippen molar-refractivity contribution in [2.45, 2.75) is 13.3 Å². The predicted molar refractivity (Wildman–Crippen MR) is 91.1 cm³/mol. The highest BCUT2D eigenvalue weighted by Gasteiger charge is 2.31. The summed E-state index contributed by atoms with van der Waals surface area (Å²) >= 11 is 0. The van der Waals surface area contributed by atoms with Gasteiger partial charge in [0.05, 0.1) is 11.3 Å². The number of ether oxygens (including phenoxy) is 1. The molecule has 1 aliphatic heterocycles. The van der Waals surface area contributed by atoms with Crippen LogP contribution >= 0.6 is 0 Å². The summed E-state index contributed by atoms with van der Waals surface area (Å²) in [4.78, 5) is 6.99. The van der Waals surface area contributed by atoms with Gasteiger partial charge in [-0.3, -0.25) is 4.99 Å². The van der Waals surface area contributed by atoms with Crippen molar-refractivity contribution in [3.63, 3.8) is 0 Å². The van der Waals surface area contributed by atoms with E-state index in [4.69, 9.17) is 4.74 Å². The fourth-order valence-electron chi connectivity index (χ4n) is 2.81. The van der Waals surface area contributed by atoms with Gasteiger partial charge in [-0.2, -0.15) is 8.78 Å². The maximum atomic E-state index is 14.7. The highest BCUT2D eigenvalue weighted by atomic mass is 19.2. The van der Waals surface area contributed by atoms with Crippen LogP contribution in [0.5, 0.6) is 5.75 Å². The van der Waals surface area contributed by atoms with E-state index in [-0.39, 0.29) is 18.1 Å². The average molecular weight is 364 g/mol. The van der Waals surface area contributed by atoms with Crippen molar-refractivity contribution in [1.82, 2.24) is 4.98 Å². The van der Waals surface area contributed by atoms with Crippen LogP contribution in [0.15, 0.2) is 41.7 Å². The average Bonchev–Trinajstić information content (AvgIpc) is 3.29. The van der Waals surface area contributed by atoms with Crippen LogP contribution in [0.2, 0.25) is 0 Å². The maximum Gasteiger partial charge on any atom is 0.204 e. The van der Waals surface area contributed by atoms with Crippen LogP contribution in [0, 0.1) is 29.2 Å². The molecule has 1 aromatic heterocycles. The van der Waals surface area contributed by atoms with Gasteiger partial charge in [0, 0.05) is 23.7 Å². The first-order chi connectivity index (χ1) is 12.5. The molecule has 1 unspecified atom stereocenters. The first-order valence-electron chi connectivity index (χ1n) is 7.96. The van der Waals surface area contributed by atoms with Crippen molar-refractivity contribution in [3.8, 4) is 5.75 Å². The molecule has 26 heavy (non-hydrogen) atoms. The zero-order chi connectivity index (χ0) is 18.8. The fourth-order valence-corrected chi connectivity index (χ4v) is 2.81. The Balaban J connectivity index is 2.27. The second-order valence-electron chi connectivity index (χ2n) is 5.92. The highest BCUT2D eigenvalue weighted by Crippen LogP contribution is 2.39. The second kappa shape index (κ2) is 7.19. The van der Waals surface area contributed by atoms with Gasteiger partial charge < -0.3 is 9.72 Å². The van der Waals surface area contributed by atoms with E-state index in [2.05, 4.69) is 16.6 Å². The number of H-pyrrole nitrogens is 1. The Hall–Kier alpha value is -2.83. The zero-order valence-electron chi connectivity index (χ0n) is 14.0. The zero-order valence-corrected chi connectivity index (χ0v) is 14.0. The largest absolute Gasteiger partial charge is 0.483 e. The molecule has 0 saturated heterocycles. The second-order valence-corrected chi connectivity index (χ2v) is 5.92. The topological polar surface area (TPSA) is 37.4 Å². The van der Waals surface area contributed by atoms with Crippen LogP contribution < -0.4 is 4.74 Å². The third kappa shape index (κ3) is 3.05. The molecular weight excluding hydrogens is 348 g/mol. The van der Waals surface area contributed by atoms with E-state index in [1.165, 1.54) is 6.08 Å². The molecule has 1 aromatic carbocycles. The van der Waals surface area contributed by atoms with Crippen molar-refractivity contribution in [1.29, 1.82) is 0 Å². The van der Waals surface area contributed by atoms with Crippen molar-refractivity contribution < 1.29 is 22.3 Å². The summed E-state index contributed by atoms with van der Waals surface area (Å²) in [6.07, 6.45) is 4.78. The van der Waals surface area contributed by atoms with Gasteiger partial charge in [0.25, 0.3) is 0 Å². The van der Waals surface area contributed by atoms with Crippen molar-refractivity contribution >= 4 is 11.8 Å². The Bertz CT molecular complexity index is 872. The van der Waals surface area contributed by atoms with Gasteiger partial charge in [-0.15, -0.1) is 0 Å². The summed E-state index contributed by atoms with van der Waals surface area (Å²) in [5.41, 5.74) is -0.174. The Morgan fingerprint density at radius 3 is 2.46 bits per heavy atom. The van der Waals surface area contributed by atoms with Gasteiger partial charge in [0.1, 0.15) is 6.61 Å². The smallest absolute Gasteiger partial charge is 0.204 e. The minimum absolute atomic E-state index is 0.0151. The Labute approximate surface area is 147 Å². The van der Waals surface area contributed by atoms with Crippen LogP contribution in [-0.4, -0.2) is 17.8 Å². The number of nitrogens with zero attached hydrogens (tertiary/aromatic N) is 1. The molecule has 3 rings (SSSR count). The first kappa shape index (κ1) is 18.0. The number of halogens is 4. The van der Waals surface area contributed by atoms with Gasteiger partial charge >= 0.3 is 0 Å². The van der Waals surface area contributed by atoms with E-state index in [9.17, 15) is 17.6 Å². The molecular formula is C19H16F4N2O. The van der Waals surface area contributed by atoms with Crippen molar-refractivity contribution in [2.24, 2.45) is 10.9 Å². The molecule has 0 spiro atoms. The minimum Gasteiger partial charge on any atom is -0.483 e. The molecule has 0 saturated carbocycles. The molecule has 2 aromatic rings. The minimum atomic E-state index is -1.60. The number of aromatic amines is 1. The lowest BCUT2D eigenvalue weighted by atomic mass is 9.96. The van der Waals surface area contributed by atoms with E-state index in [1.54, 1.807) is 24.5 Å². The van der Waals surface area contributed by atoms with E-state index in [1.807, 2.05) is 6.92 Å². The lowest BCUT2D eigenvalue weighted by Crippen LogP contribution is -2.09. The molecule has 1 aliphatic rings. The molecule has 0 bridgehead atoms. The highest BCUT2D eigenvalue weighted by molar-refractivity contribution is 5.84. The van der Waals surface area contributed by atoms with Gasteiger partial charge in [0.2, 0.25) is 11.6 Å². The van der Waals surface area contributed by atoms with Crippen LogP contribution in [-0.2, 0) is 0 Å². The van der Waals surface area contributed by atoms with Crippen molar-refractivity contribution in [3.05, 3.63) is 71.2 Å². The molecule has 0 fully saturated rings. The summed E-state index contributed by atoms with van der Waals surface area (Å²) in [7, 11) is 0. The van der Waals surface area contributed by atoms with Gasteiger partial charge in [-0.25, -0.2) is 8.78 Å². The standard InChI is InChI=1S/C19H16F4N2O/c1-3-7-26-19-17(22)15(20)14(16(21)18(19)23)13(11-5-4-6-24-11)12-8-10(2)9-25-12/h3-6,9-10,24H,1,7-8H2,2H3/b13-12+. The molecule has 1 N–H and O–H groups in total. The molecule has 2 heterocycles. The van der Waals surface area contributed by atoms with E-state index in [0.717, 1.165) is 0 Å². The van der Waals surface area contributed by atoms with Crippen LogP contribution in [0.25, 0.3) is 5.57 Å². The summed E-state index contributed by atoms with van der Waals surface area (Å²) in [6.45, 7) is 4.92. The number of aromatic nitrogens is 1. The normalized spacial score (nSPS) is 18.3. The van der Waals surface area contributed by atoms with Crippen molar-refractivity contribution in [2.75, 3.05) is 6.61 Å². The quantitative estimate of drug-likeness (QED) is 0.452. The number of nitrogens with one attached hydrogen (secondary N) is 1. The molecule has 0 aliphatic carbocycles. The molecule has 0 amide bonds. The number of benzene rings is 1. The van der Waals surface area contributed by atoms with E-state index in [0.29, 0.717) is 17.8 Å². The summed E-state index contributed by atoms with van der Waals surface area (Å²) in [5.74, 6) is -7.32. The predicted octanol–water partition coefficient (Wildman–Crippen LogP) is 5.01. The number of rotatable bonds is 5. The molecule has 136 valence electrons.